The number of hydrogen-bond donors (Lipinski definition) is 3. The molecule has 3 N–H and O–H groups in total. The minimum Gasteiger partial charge on any atom is -0.480 e. The summed E-state index contributed by atoms with van der Waals surface area (Å²) in [6, 6.07) is -0.925. The second-order valence-corrected chi connectivity index (χ2v) is 6.66. The molecule has 2 amide bonds. The molecule has 1 unspecified atom stereocenters. The zero-order valence-corrected chi connectivity index (χ0v) is 14.8. The first-order valence-corrected chi connectivity index (χ1v) is 8.56. The van der Waals surface area contributed by atoms with Gasteiger partial charge in [0, 0.05) is 11.3 Å². The van der Waals surface area contributed by atoms with Crippen LogP contribution in [0, 0.1) is 13.8 Å². The number of aryl methyl sites for hydroxylation is 1. The van der Waals surface area contributed by atoms with E-state index in [1.54, 1.807) is 6.92 Å². The van der Waals surface area contributed by atoms with E-state index in [2.05, 4.69) is 10.6 Å². The molecular weight excluding hydrogens is 316 g/mol. The fourth-order valence-electron chi connectivity index (χ4n) is 2.18. The van der Waals surface area contributed by atoms with Crippen molar-refractivity contribution in [3.8, 4) is 0 Å². The highest BCUT2D eigenvalue weighted by atomic mass is 32.1. The number of hydrogen-bond acceptors (Lipinski definition) is 4. The Morgan fingerprint density at radius 1 is 1.17 bits per heavy atom. The molecule has 6 nitrogen and oxygen atoms in total. The summed E-state index contributed by atoms with van der Waals surface area (Å²) in [7, 11) is 0. The summed E-state index contributed by atoms with van der Waals surface area (Å²) in [4.78, 5) is 36.5. The highest BCUT2D eigenvalue weighted by Crippen LogP contribution is 2.32. The van der Waals surface area contributed by atoms with Crippen molar-refractivity contribution in [2.45, 2.75) is 59.4 Å². The van der Waals surface area contributed by atoms with E-state index in [4.69, 9.17) is 0 Å². The van der Waals surface area contributed by atoms with Crippen LogP contribution < -0.4 is 10.6 Å². The number of carboxylic acids is 1. The molecule has 1 heterocycles. The van der Waals surface area contributed by atoms with Gasteiger partial charge in [0.1, 0.15) is 11.0 Å². The fourth-order valence-corrected chi connectivity index (χ4v) is 3.26. The van der Waals surface area contributed by atoms with Crippen LogP contribution in [0.2, 0.25) is 0 Å². The fraction of sp³-hybridized carbons (Fsp3) is 0.562. The summed E-state index contributed by atoms with van der Waals surface area (Å²) in [6.07, 6.45) is 2.11. The maximum Gasteiger partial charge on any atom is 0.326 e. The number of carbonyl (C=O) groups is 3. The first-order chi connectivity index (χ1) is 10.8. The molecule has 0 saturated heterocycles. The van der Waals surface area contributed by atoms with Crippen molar-refractivity contribution in [3.05, 3.63) is 16.0 Å². The molecule has 0 aromatic carbocycles. The van der Waals surface area contributed by atoms with Gasteiger partial charge >= 0.3 is 5.97 Å². The molecule has 128 valence electrons. The molecule has 1 atom stereocenters. The van der Waals surface area contributed by atoms with E-state index >= 15 is 0 Å². The molecule has 1 aromatic heterocycles. The summed E-state index contributed by atoms with van der Waals surface area (Å²) < 4.78 is 0. The van der Waals surface area contributed by atoms with Crippen molar-refractivity contribution in [2.24, 2.45) is 0 Å². The van der Waals surface area contributed by atoms with E-state index in [1.807, 2.05) is 20.8 Å². The number of rotatable bonds is 8. The minimum absolute atomic E-state index is 0.147. The zero-order valence-electron chi connectivity index (χ0n) is 14.0. The summed E-state index contributed by atoms with van der Waals surface area (Å²) in [5.74, 6) is -1.66. The van der Waals surface area contributed by atoms with Crippen molar-refractivity contribution >= 4 is 34.1 Å². The maximum atomic E-state index is 12.5. The van der Waals surface area contributed by atoms with E-state index in [0.717, 1.165) is 10.4 Å². The van der Waals surface area contributed by atoms with E-state index in [0.29, 0.717) is 36.2 Å². The van der Waals surface area contributed by atoms with E-state index in [1.165, 1.54) is 11.3 Å². The predicted molar refractivity (Wildman–Crippen MR) is 91.1 cm³/mol. The number of carbonyl (C=O) groups excluding carboxylic acids is 2. The number of aliphatic carboxylic acids is 1. The monoisotopic (exact) mass is 340 g/mol. The topological polar surface area (TPSA) is 95.5 Å². The summed E-state index contributed by atoms with van der Waals surface area (Å²) >= 11 is 1.33. The van der Waals surface area contributed by atoms with Crippen LogP contribution in [-0.4, -0.2) is 28.9 Å². The molecule has 0 spiro atoms. The molecular formula is C16H24N2O4S. The van der Waals surface area contributed by atoms with Gasteiger partial charge in [0.25, 0.3) is 5.91 Å². The van der Waals surface area contributed by atoms with Crippen molar-refractivity contribution in [1.29, 1.82) is 0 Å². The number of thiophene rings is 1. The zero-order chi connectivity index (χ0) is 17.6. The quantitative estimate of drug-likeness (QED) is 0.677. The van der Waals surface area contributed by atoms with Crippen LogP contribution in [0.25, 0.3) is 0 Å². The van der Waals surface area contributed by atoms with Crippen LogP contribution in [0.3, 0.4) is 0 Å². The average molecular weight is 340 g/mol. The lowest BCUT2D eigenvalue weighted by molar-refractivity contribution is -0.139. The van der Waals surface area contributed by atoms with Gasteiger partial charge < -0.3 is 15.7 Å². The Bertz CT molecular complexity index is 595. The van der Waals surface area contributed by atoms with Crippen LogP contribution >= 0.6 is 11.3 Å². The molecule has 1 rings (SSSR count). The highest BCUT2D eigenvalue weighted by Gasteiger charge is 2.25. The van der Waals surface area contributed by atoms with Gasteiger partial charge in [-0.25, -0.2) is 4.79 Å². The SMILES string of the molecule is CCCC(=O)Nc1sc(C)c(C)c1C(=O)NC(CCC)C(=O)O. The Morgan fingerprint density at radius 2 is 1.83 bits per heavy atom. The van der Waals surface area contributed by atoms with Gasteiger partial charge in [0.15, 0.2) is 0 Å². The van der Waals surface area contributed by atoms with Crippen LogP contribution in [0.4, 0.5) is 5.00 Å². The van der Waals surface area contributed by atoms with Crippen LogP contribution in [-0.2, 0) is 9.59 Å². The number of amides is 2. The molecule has 7 heteroatoms. The Kier molecular flexibility index (Phi) is 7.22. The number of anilines is 1. The summed E-state index contributed by atoms with van der Waals surface area (Å²) in [5.41, 5.74) is 1.12. The summed E-state index contributed by atoms with van der Waals surface area (Å²) in [5, 5.41) is 15.0. The van der Waals surface area contributed by atoms with Crippen molar-refractivity contribution < 1.29 is 19.5 Å². The molecule has 0 aliphatic heterocycles. The lowest BCUT2D eigenvalue weighted by atomic mass is 10.1. The van der Waals surface area contributed by atoms with Crippen LogP contribution in [0.5, 0.6) is 0 Å². The standard InChI is InChI=1S/C16H24N2O4S/c1-5-7-11(16(21)22)17-14(20)13-9(3)10(4)23-15(13)18-12(19)8-6-2/h11H,5-8H2,1-4H3,(H,17,20)(H,18,19)(H,21,22). The second kappa shape index (κ2) is 8.67. The molecule has 0 aliphatic rings. The smallest absolute Gasteiger partial charge is 0.326 e. The highest BCUT2D eigenvalue weighted by molar-refractivity contribution is 7.16. The Morgan fingerprint density at radius 3 is 2.35 bits per heavy atom. The molecule has 0 fully saturated rings. The van der Waals surface area contributed by atoms with Gasteiger partial charge in [-0.1, -0.05) is 20.3 Å². The van der Waals surface area contributed by atoms with E-state index in [9.17, 15) is 19.5 Å². The van der Waals surface area contributed by atoms with Crippen LogP contribution in [0.15, 0.2) is 0 Å². The van der Waals surface area contributed by atoms with Crippen molar-refractivity contribution in [3.63, 3.8) is 0 Å². The molecule has 0 radical (unpaired) electrons. The molecule has 1 aromatic rings. The van der Waals surface area contributed by atoms with Crippen molar-refractivity contribution in [1.82, 2.24) is 5.32 Å². The van der Waals surface area contributed by atoms with Gasteiger partial charge in [-0.05, 0) is 32.3 Å². The first kappa shape index (κ1) is 19.2. The third-order valence-corrected chi connectivity index (χ3v) is 4.65. The predicted octanol–water partition coefficient (Wildman–Crippen LogP) is 3.09. The lowest BCUT2D eigenvalue weighted by Gasteiger charge is -2.14. The van der Waals surface area contributed by atoms with E-state index in [-0.39, 0.29) is 5.91 Å². The second-order valence-electron chi connectivity index (χ2n) is 5.44. The minimum atomic E-state index is -1.05. The number of nitrogens with one attached hydrogen (secondary N) is 2. The summed E-state index contributed by atoms with van der Waals surface area (Å²) in [6.45, 7) is 7.43. The normalized spacial score (nSPS) is 11.8. The Labute approximate surface area is 140 Å². The molecule has 0 saturated carbocycles. The number of carboxylic acid groups (broad SMARTS) is 1. The Hall–Kier alpha value is -1.89. The molecule has 23 heavy (non-hydrogen) atoms. The average Bonchev–Trinajstić information content (AvgIpc) is 2.73. The Balaban J connectivity index is 3.03. The first-order valence-electron chi connectivity index (χ1n) is 7.75. The lowest BCUT2D eigenvalue weighted by Crippen LogP contribution is -2.41. The largest absolute Gasteiger partial charge is 0.480 e. The third-order valence-electron chi connectivity index (χ3n) is 3.52. The molecule has 0 bridgehead atoms. The third kappa shape index (κ3) is 5.06. The maximum absolute atomic E-state index is 12.5. The van der Waals surface area contributed by atoms with Gasteiger partial charge in [-0.3, -0.25) is 9.59 Å². The molecule has 0 aliphatic carbocycles. The van der Waals surface area contributed by atoms with Gasteiger partial charge in [0.05, 0.1) is 5.56 Å². The van der Waals surface area contributed by atoms with E-state index < -0.39 is 17.9 Å². The van der Waals surface area contributed by atoms with Crippen molar-refractivity contribution in [2.75, 3.05) is 5.32 Å². The van der Waals surface area contributed by atoms with Gasteiger partial charge in [0.2, 0.25) is 5.91 Å². The van der Waals surface area contributed by atoms with Crippen LogP contribution in [0.1, 0.15) is 60.3 Å². The van der Waals surface area contributed by atoms with Gasteiger partial charge in [-0.2, -0.15) is 0 Å². The van der Waals surface area contributed by atoms with Gasteiger partial charge in [-0.15, -0.1) is 11.3 Å².